The summed E-state index contributed by atoms with van der Waals surface area (Å²) in [7, 11) is 1.69. The molecule has 160 valence electrons. The lowest BCUT2D eigenvalue weighted by Gasteiger charge is -2.29. The summed E-state index contributed by atoms with van der Waals surface area (Å²) in [5.74, 6) is 0.819. The van der Waals surface area contributed by atoms with E-state index in [-0.39, 0.29) is 12.1 Å². The van der Waals surface area contributed by atoms with Crippen LogP contribution in [0.15, 0.2) is 91.3 Å². The van der Waals surface area contributed by atoms with E-state index in [0.717, 1.165) is 28.5 Å². The molecule has 0 spiro atoms. The zero-order chi connectivity index (χ0) is 22.1. The summed E-state index contributed by atoms with van der Waals surface area (Å²) in [4.78, 5) is 6.85. The van der Waals surface area contributed by atoms with Crippen molar-refractivity contribution in [2.24, 2.45) is 0 Å². The average Bonchev–Trinajstić information content (AvgIpc) is 3.44. The molecule has 2 atom stereocenters. The van der Waals surface area contributed by atoms with Gasteiger partial charge in [-0.3, -0.25) is 4.98 Å². The number of thiocarbonyl (C=S) groups is 1. The highest BCUT2D eigenvalue weighted by molar-refractivity contribution is 7.80. The Bertz CT molecular complexity index is 1250. The summed E-state index contributed by atoms with van der Waals surface area (Å²) in [5, 5.41) is 4.22. The third kappa shape index (κ3) is 3.63. The quantitative estimate of drug-likeness (QED) is 0.423. The predicted molar refractivity (Wildman–Crippen MR) is 131 cm³/mol. The van der Waals surface area contributed by atoms with Gasteiger partial charge >= 0.3 is 0 Å². The molecular weight excluding hydrogens is 416 g/mol. The smallest absolute Gasteiger partial charge is 0.174 e. The lowest BCUT2D eigenvalue weighted by Crippen LogP contribution is -2.30. The van der Waals surface area contributed by atoms with Crippen LogP contribution in [0.5, 0.6) is 5.75 Å². The SMILES string of the molecule is COc1cccc(-n2cccc2[C@@H]2[C@@H](c3ccccn3)NC(=S)N2c2cccc(C)c2)c1. The molecule has 1 aliphatic heterocycles. The van der Waals surface area contributed by atoms with Crippen molar-refractivity contribution in [3.8, 4) is 11.4 Å². The number of hydrogen-bond acceptors (Lipinski definition) is 3. The average molecular weight is 441 g/mol. The van der Waals surface area contributed by atoms with Crippen LogP contribution in [-0.2, 0) is 0 Å². The van der Waals surface area contributed by atoms with E-state index < -0.39 is 0 Å². The number of aryl methyl sites for hydroxylation is 1. The monoisotopic (exact) mass is 440 g/mol. The van der Waals surface area contributed by atoms with Crippen molar-refractivity contribution in [2.45, 2.75) is 19.0 Å². The van der Waals surface area contributed by atoms with Gasteiger partial charge in [0.1, 0.15) is 11.8 Å². The maximum Gasteiger partial charge on any atom is 0.174 e. The molecule has 1 fully saturated rings. The minimum absolute atomic E-state index is 0.0830. The molecule has 0 amide bonds. The molecule has 4 aromatic rings. The molecule has 3 heterocycles. The van der Waals surface area contributed by atoms with Gasteiger partial charge in [0.25, 0.3) is 0 Å². The van der Waals surface area contributed by atoms with Gasteiger partial charge in [0.2, 0.25) is 0 Å². The number of aromatic nitrogens is 2. The van der Waals surface area contributed by atoms with E-state index in [2.05, 4.69) is 75.4 Å². The Morgan fingerprint density at radius 3 is 2.56 bits per heavy atom. The van der Waals surface area contributed by atoms with Crippen LogP contribution in [-0.4, -0.2) is 21.8 Å². The van der Waals surface area contributed by atoms with Gasteiger partial charge in [-0.2, -0.15) is 0 Å². The number of nitrogens with zero attached hydrogens (tertiary/aromatic N) is 3. The molecular formula is C26H24N4OS. The highest BCUT2D eigenvalue weighted by Gasteiger charge is 2.42. The van der Waals surface area contributed by atoms with E-state index in [0.29, 0.717) is 5.11 Å². The maximum atomic E-state index is 5.85. The van der Waals surface area contributed by atoms with E-state index in [1.807, 2.05) is 42.6 Å². The molecule has 0 radical (unpaired) electrons. The third-order valence-corrected chi connectivity index (χ3v) is 6.11. The van der Waals surface area contributed by atoms with E-state index in [1.165, 1.54) is 5.56 Å². The van der Waals surface area contributed by atoms with Crippen molar-refractivity contribution in [1.29, 1.82) is 0 Å². The molecule has 2 aromatic heterocycles. The minimum atomic E-state index is -0.0940. The molecule has 2 aromatic carbocycles. The first kappa shape index (κ1) is 20.3. The summed E-state index contributed by atoms with van der Waals surface area (Å²) in [6.45, 7) is 2.10. The summed E-state index contributed by atoms with van der Waals surface area (Å²) in [6.07, 6.45) is 3.91. The van der Waals surface area contributed by atoms with Gasteiger partial charge in [0.15, 0.2) is 5.11 Å². The Hall–Kier alpha value is -3.64. The van der Waals surface area contributed by atoms with Crippen LogP contribution in [0.25, 0.3) is 5.69 Å². The molecule has 1 N–H and O–H groups in total. The summed E-state index contributed by atoms with van der Waals surface area (Å²) >= 11 is 5.85. The van der Waals surface area contributed by atoms with Crippen LogP contribution in [0, 0.1) is 6.92 Å². The summed E-state index contributed by atoms with van der Waals surface area (Å²) < 4.78 is 7.66. The number of nitrogens with one attached hydrogen (secondary N) is 1. The molecule has 0 aliphatic carbocycles. The summed E-state index contributed by atoms with van der Waals surface area (Å²) in [5.41, 5.74) is 5.35. The second-order valence-corrected chi connectivity index (χ2v) is 8.23. The van der Waals surface area contributed by atoms with Crippen molar-refractivity contribution in [3.63, 3.8) is 0 Å². The Balaban J connectivity index is 1.67. The van der Waals surface area contributed by atoms with E-state index >= 15 is 0 Å². The Morgan fingerprint density at radius 2 is 1.78 bits per heavy atom. The molecule has 0 bridgehead atoms. The van der Waals surface area contributed by atoms with Crippen LogP contribution < -0.4 is 15.0 Å². The van der Waals surface area contributed by atoms with Crippen LogP contribution >= 0.6 is 12.2 Å². The number of hydrogen-bond donors (Lipinski definition) is 1. The normalized spacial score (nSPS) is 17.9. The van der Waals surface area contributed by atoms with Gasteiger partial charge in [-0.05, 0) is 73.2 Å². The first-order valence-corrected chi connectivity index (χ1v) is 11.0. The van der Waals surface area contributed by atoms with E-state index in [9.17, 15) is 0 Å². The van der Waals surface area contributed by atoms with Gasteiger partial charge in [-0.25, -0.2) is 0 Å². The Morgan fingerprint density at radius 1 is 0.938 bits per heavy atom. The highest BCUT2D eigenvalue weighted by Crippen LogP contribution is 2.42. The zero-order valence-electron chi connectivity index (χ0n) is 18.0. The molecule has 1 aliphatic rings. The lowest BCUT2D eigenvalue weighted by molar-refractivity contribution is 0.414. The van der Waals surface area contributed by atoms with Crippen molar-refractivity contribution in [2.75, 3.05) is 12.0 Å². The fourth-order valence-electron chi connectivity index (χ4n) is 4.34. The molecule has 32 heavy (non-hydrogen) atoms. The minimum Gasteiger partial charge on any atom is -0.497 e. The second kappa shape index (κ2) is 8.48. The van der Waals surface area contributed by atoms with Gasteiger partial charge < -0.3 is 19.5 Å². The van der Waals surface area contributed by atoms with Gasteiger partial charge in [0.05, 0.1) is 18.8 Å². The topological polar surface area (TPSA) is 42.3 Å². The van der Waals surface area contributed by atoms with Crippen LogP contribution in [0.3, 0.4) is 0 Å². The molecule has 5 nitrogen and oxygen atoms in total. The second-order valence-electron chi connectivity index (χ2n) is 7.84. The number of pyridine rings is 1. The van der Waals surface area contributed by atoms with Gasteiger partial charge in [-0.15, -0.1) is 0 Å². The van der Waals surface area contributed by atoms with Crippen molar-refractivity contribution in [3.05, 3.63) is 108 Å². The summed E-state index contributed by atoms with van der Waals surface area (Å²) in [6, 6.07) is 26.6. The lowest BCUT2D eigenvalue weighted by atomic mass is 10.0. The Kier molecular flexibility index (Phi) is 5.37. The molecule has 6 heteroatoms. The molecule has 5 rings (SSSR count). The van der Waals surface area contributed by atoms with E-state index in [4.69, 9.17) is 17.0 Å². The predicted octanol–water partition coefficient (Wildman–Crippen LogP) is 5.37. The fraction of sp³-hybridized carbons (Fsp3) is 0.154. The number of ether oxygens (including phenoxy) is 1. The van der Waals surface area contributed by atoms with Crippen LogP contribution in [0.4, 0.5) is 5.69 Å². The van der Waals surface area contributed by atoms with Crippen molar-refractivity contribution in [1.82, 2.24) is 14.9 Å². The Labute approximate surface area is 193 Å². The largest absolute Gasteiger partial charge is 0.497 e. The molecule has 0 unspecified atom stereocenters. The highest BCUT2D eigenvalue weighted by atomic mass is 32.1. The van der Waals surface area contributed by atoms with Crippen LogP contribution in [0.1, 0.15) is 29.0 Å². The fourth-order valence-corrected chi connectivity index (χ4v) is 4.69. The van der Waals surface area contributed by atoms with Gasteiger partial charge in [-0.1, -0.05) is 24.3 Å². The maximum absolute atomic E-state index is 5.85. The third-order valence-electron chi connectivity index (χ3n) is 5.79. The van der Waals surface area contributed by atoms with Crippen LogP contribution in [0.2, 0.25) is 0 Å². The molecule has 0 saturated carbocycles. The number of anilines is 1. The van der Waals surface area contributed by atoms with Gasteiger partial charge in [0, 0.05) is 35.5 Å². The number of benzene rings is 2. The zero-order valence-corrected chi connectivity index (χ0v) is 18.8. The number of methoxy groups -OCH3 is 1. The first-order valence-electron chi connectivity index (χ1n) is 10.5. The van der Waals surface area contributed by atoms with Crippen molar-refractivity contribution >= 4 is 23.0 Å². The molecule has 1 saturated heterocycles. The first-order chi connectivity index (χ1) is 15.7. The van der Waals surface area contributed by atoms with E-state index in [1.54, 1.807) is 7.11 Å². The van der Waals surface area contributed by atoms with Crippen molar-refractivity contribution < 1.29 is 4.74 Å². The standard InChI is InChI=1S/C26H24N4OS/c1-18-8-5-10-20(16-18)30-25(24(28-26(30)32)22-12-3-4-14-27-22)23-13-7-15-29(23)19-9-6-11-21(17-19)31-2/h3-17,24-25H,1-2H3,(H,28,32)/t24-,25-/m1/s1. The number of rotatable bonds is 5.